The molecule has 1 rings (SSSR count). The molecule has 0 aliphatic rings. The molecule has 1 amide bonds. The number of methoxy groups -OCH3 is 1. The van der Waals surface area contributed by atoms with E-state index in [9.17, 15) is 9.59 Å². The summed E-state index contributed by atoms with van der Waals surface area (Å²) in [4.78, 5) is 23.1. The highest BCUT2D eigenvalue weighted by Crippen LogP contribution is 2.10. The molecule has 2 N–H and O–H groups in total. The van der Waals surface area contributed by atoms with Gasteiger partial charge in [-0.05, 0) is 38.5 Å². The highest BCUT2D eigenvalue weighted by atomic mass is 16.6. The van der Waals surface area contributed by atoms with E-state index in [2.05, 4.69) is 9.84 Å². The quantitative estimate of drug-likeness (QED) is 0.397. The van der Waals surface area contributed by atoms with Crippen molar-refractivity contribution in [2.24, 2.45) is 10.8 Å². The number of amides is 1. The molecule has 0 saturated heterocycles. The molecule has 1 aromatic rings. The molecule has 0 spiro atoms. The van der Waals surface area contributed by atoms with Crippen molar-refractivity contribution in [2.45, 2.75) is 32.8 Å². The number of nitrogens with zero attached hydrogens (tertiary/aromatic N) is 2. The van der Waals surface area contributed by atoms with Crippen LogP contribution in [-0.4, -0.2) is 42.7 Å². The SMILES string of the molecule is COC(=O)c1ccc(CC(N)=NN(C)C(=O)OC(C)(C)C)cc1. The van der Waals surface area contributed by atoms with Gasteiger partial charge in [0.05, 0.1) is 12.7 Å². The van der Waals surface area contributed by atoms with Crippen LogP contribution in [0.15, 0.2) is 29.4 Å². The molecule has 7 nitrogen and oxygen atoms in total. The third-order valence-corrected chi connectivity index (χ3v) is 2.70. The van der Waals surface area contributed by atoms with Gasteiger partial charge in [0.1, 0.15) is 11.4 Å². The molecular weight excluding hydrogens is 298 g/mol. The number of hydrogen-bond donors (Lipinski definition) is 1. The zero-order valence-electron chi connectivity index (χ0n) is 14.1. The second kappa shape index (κ2) is 7.62. The van der Waals surface area contributed by atoms with Crippen molar-refractivity contribution in [1.29, 1.82) is 0 Å². The summed E-state index contributed by atoms with van der Waals surface area (Å²) < 4.78 is 9.81. The van der Waals surface area contributed by atoms with Crippen molar-refractivity contribution in [3.63, 3.8) is 0 Å². The van der Waals surface area contributed by atoms with Crippen molar-refractivity contribution in [2.75, 3.05) is 14.2 Å². The Balaban J connectivity index is 2.69. The van der Waals surface area contributed by atoms with Gasteiger partial charge in [0.15, 0.2) is 0 Å². The molecule has 0 saturated carbocycles. The average molecular weight is 321 g/mol. The summed E-state index contributed by atoms with van der Waals surface area (Å²) in [6.45, 7) is 5.32. The molecule has 126 valence electrons. The van der Waals surface area contributed by atoms with E-state index in [1.165, 1.54) is 14.2 Å². The van der Waals surface area contributed by atoms with Crippen LogP contribution in [0, 0.1) is 0 Å². The second-order valence-corrected chi connectivity index (χ2v) is 5.96. The van der Waals surface area contributed by atoms with Crippen LogP contribution in [-0.2, 0) is 15.9 Å². The fourth-order valence-corrected chi connectivity index (χ4v) is 1.68. The van der Waals surface area contributed by atoms with Crippen molar-refractivity contribution in [3.05, 3.63) is 35.4 Å². The van der Waals surface area contributed by atoms with Crippen molar-refractivity contribution in [3.8, 4) is 0 Å². The summed E-state index contributed by atoms with van der Waals surface area (Å²) in [7, 11) is 2.80. The zero-order valence-corrected chi connectivity index (χ0v) is 14.1. The van der Waals surface area contributed by atoms with Crippen LogP contribution in [0.2, 0.25) is 0 Å². The first kappa shape index (κ1) is 18.5. The minimum absolute atomic E-state index is 0.254. The number of rotatable bonds is 4. The van der Waals surface area contributed by atoms with Crippen LogP contribution in [0.3, 0.4) is 0 Å². The molecule has 1 aromatic carbocycles. The Morgan fingerprint density at radius 2 is 1.78 bits per heavy atom. The maximum atomic E-state index is 11.8. The van der Waals surface area contributed by atoms with Gasteiger partial charge >= 0.3 is 12.1 Å². The highest BCUT2D eigenvalue weighted by Gasteiger charge is 2.19. The van der Waals surface area contributed by atoms with Crippen LogP contribution in [0.5, 0.6) is 0 Å². The van der Waals surface area contributed by atoms with E-state index in [4.69, 9.17) is 10.5 Å². The molecule has 0 heterocycles. The van der Waals surface area contributed by atoms with Gasteiger partial charge in [0, 0.05) is 13.5 Å². The summed E-state index contributed by atoms with van der Waals surface area (Å²) in [6.07, 6.45) is -0.240. The number of ether oxygens (including phenoxy) is 2. The first-order chi connectivity index (χ1) is 10.6. The molecular formula is C16H23N3O4. The summed E-state index contributed by atoms with van der Waals surface area (Å²) in [5.74, 6) is -0.146. The van der Waals surface area contributed by atoms with E-state index in [0.717, 1.165) is 10.6 Å². The summed E-state index contributed by atoms with van der Waals surface area (Å²) in [5.41, 5.74) is 6.56. The maximum Gasteiger partial charge on any atom is 0.430 e. The molecule has 23 heavy (non-hydrogen) atoms. The van der Waals surface area contributed by atoms with Crippen LogP contribution in [0.1, 0.15) is 36.7 Å². The predicted molar refractivity (Wildman–Crippen MR) is 87.1 cm³/mol. The van der Waals surface area contributed by atoms with Gasteiger partial charge in [0.25, 0.3) is 0 Å². The van der Waals surface area contributed by atoms with Gasteiger partial charge in [-0.3, -0.25) is 0 Å². The third kappa shape index (κ3) is 6.37. The van der Waals surface area contributed by atoms with Gasteiger partial charge in [-0.15, -0.1) is 0 Å². The van der Waals surface area contributed by atoms with Crippen molar-refractivity contribution >= 4 is 17.9 Å². The fourth-order valence-electron chi connectivity index (χ4n) is 1.68. The Bertz CT molecular complexity index is 588. The third-order valence-electron chi connectivity index (χ3n) is 2.70. The molecule has 7 heteroatoms. The van der Waals surface area contributed by atoms with Crippen molar-refractivity contribution in [1.82, 2.24) is 5.01 Å². The Morgan fingerprint density at radius 1 is 1.22 bits per heavy atom. The van der Waals surface area contributed by atoms with E-state index in [1.54, 1.807) is 45.0 Å². The predicted octanol–water partition coefficient (Wildman–Crippen LogP) is 2.15. The number of esters is 1. The van der Waals surface area contributed by atoms with Crippen LogP contribution < -0.4 is 5.73 Å². The van der Waals surface area contributed by atoms with Gasteiger partial charge in [-0.25, -0.2) is 9.59 Å². The molecule has 0 radical (unpaired) electrons. The minimum Gasteiger partial charge on any atom is -0.465 e. The lowest BCUT2D eigenvalue weighted by atomic mass is 10.1. The summed E-state index contributed by atoms with van der Waals surface area (Å²) in [6, 6.07) is 6.79. The number of carbonyl (C=O) groups is 2. The lowest BCUT2D eigenvalue weighted by Gasteiger charge is -2.22. The molecule has 0 unspecified atom stereocenters. The average Bonchev–Trinajstić information content (AvgIpc) is 2.45. The monoisotopic (exact) mass is 321 g/mol. The molecule has 0 bridgehead atoms. The molecule has 0 atom stereocenters. The topological polar surface area (TPSA) is 94.2 Å². The van der Waals surface area contributed by atoms with Crippen LogP contribution in [0.4, 0.5) is 4.79 Å². The standard InChI is InChI=1S/C16H23N3O4/c1-16(2,3)23-15(21)19(4)18-13(17)10-11-6-8-12(9-7-11)14(20)22-5/h6-9H,10H2,1-5H3,(H2,17,18). The molecule has 0 aliphatic carbocycles. The second-order valence-electron chi connectivity index (χ2n) is 5.96. The normalized spacial score (nSPS) is 11.8. The lowest BCUT2D eigenvalue weighted by molar-refractivity contribution is 0.0302. The minimum atomic E-state index is -0.598. The smallest absolute Gasteiger partial charge is 0.430 e. The number of hydrazone groups is 1. The molecule has 0 aliphatic heterocycles. The number of amidine groups is 1. The molecule has 0 fully saturated rings. The van der Waals surface area contributed by atoms with Gasteiger partial charge in [-0.1, -0.05) is 12.1 Å². The van der Waals surface area contributed by atoms with Crippen molar-refractivity contribution < 1.29 is 19.1 Å². The zero-order chi connectivity index (χ0) is 17.6. The lowest BCUT2D eigenvalue weighted by Crippen LogP contribution is -2.33. The van der Waals surface area contributed by atoms with Gasteiger partial charge in [-0.2, -0.15) is 10.1 Å². The number of nitrogens with two attached hydrogens (primary N) is 1. The first-order valence-corrected chi connectivity index (χ1v) is 7.09. The summed E-state index contributed by atoms with van der Waals surface area (Å²) in [5, 5.41) is 5.05. The van der Waals surface area contributed by atoms with E-state index in [-0.39, 0.29) is 5.84 Å². The van der Waals surface area contributed by atoms with Crippen LogP contribution in [0.25, 0.3) is 0 Å². The van der Waals surface area contributed by atoms with E-state index in [1.807, 2.05) is 0 Å². The van der Waals surface area contributed by atoms with E-state index in [0.29, 0.717) is 12.0 Å². The number of carbonyl (C=O) groups excluding carboxylic acids is 2. The maximum absolute atomic E-state index is 11.8. The highest BCUT2D eigenvalue weighted by molar-refractivity contribution is 5.89. The Kier molecular flexibility index (Phi) is 6.12. The van der Waals surface area contributed by atoms with E-state index < -0.39 is 17.7 Å². The number of benzene rings is 1. The van der Waals surface area contributed by atoms with Gasteiger partial charge < -0.3 is 15.2 Å². The summed E-state index contributed by atoms with van der Waals surface area (Å²) >= 11 is 0. The Labute approximate surface area is 136 Å². The van der Waals surface area contributed by atoms with Crippen LogP contribution >= 0.6 is 0 Å². The largest absolute Gasteiger partial charge is 0.465 e. The Hall–Kier alpha value is -2.57. The van der Waals surface area contributed by atoms with Gasteiger partial charge in [0.2, 0.25) is 0 Å². The number of hydrogen-bond acceptors (Lipinski definition) is 5. The fraction of sp³-hybridized carbons (Fsp3) is 0.438. The molecule has 0 aromatic heterocycles. The Morgan fingerprint density at radius 3 is 2.26 bits per heavy atom. The first-order valence-electron chi connectivity index (χ1n) is 7.09. The van der Waals surface area contributed by atoms with E-state index >= 15 is 0 Å².